The molecule has 1 heterocycles. The van der Waals surface area contributed by atoms with Crippen molar-refractivity contribution in [2.75, 3.05) is 11.9 Å². The summed E-state index contributed by atoms with van der Waals surface area (Å²) in [6.45, 7) is 3.07. The van der Waals surface area contributed by atoms with Crippen LogP contribution in [0.3, 0.4) is 0 Å². The highest BCUT2D eigenvalue weighted by Crippen LogP contribution is 2.27. The van der Waals surface area contributed by atoms with E-state index in [0.29, 0.717) is 10.8 Å². The van der Waals surface area contributed by atoms with E-state index in [1.165, 1.54) is 0 Å². The monoisotopic (exact) mass is 389 g/mol. The average Bonchev–Trinajstić information content (AvgIpc) is 2.55. The summed E-state index contributed by atoms with van der Waals surface area (Å²) in [7, 11) is 0. The molecule has 0 bridgehead atoms. The maximum absolute atomic E-state index is 6.13. The molecule has 2 aromatic carbocycles. The fourth-order valence-electron chi connectivity index (χ4n) is 2.35. The number of nitrogens with zero attached hydrogens (tertiary/aromatic N) is 2. The van der Waals surface area contributed by atoms with Crippen molar-refractivity contribution in [1.82, 2.24) is 9.97 Å². The average molecular weight is 391 g/mol. The number of benzene rings is 2. The fraction of sp³-hybridized carbons (Fsp3) is 0.222. The normalized spacial score (nSPS) is 10.9. The summed E-state index contributed by atoms with van der Waals surface area (Å²) in [5, 5.41) is 5.10. The predicted molar refractivity (Wildman–Crippen MR) is 101 cm³/mol. The molecule has 0 aliphatic carbocycles. The molecule has 1 N–H and O–H groups in total. The summed E-state index contributed by atoms with van der Waals surface area (Å²) in [5.74, 6) is 1.56. The van der Waals surface area contributed by atoms with E-state index in [1.807, 2.05) is 42.5 Å². The van der Waals surface area contributed by atoms with Crippen LogP contribution in [-0.2, 0) is 0 Å². The van der Waals surface area contributed by atoms with Gasteiger partial charge in [-0.2, -0.15) is 0 Å². The first-order valence-corrected chi connectivity index (χ1v) is 8.81. The minimum absolute atomic E-state index is 0.678. The van der Waals surface area contributed by atoms with Crippen LogP contribution in [0.1, 0.15) is 19.8 Å². The van der Waals surface area contributed by atoms with E-state index >= 15 is 0 Å². The van der Waals surface area contributed by atoms with Gasteiger partial charge >= 0.3 is 0 Å². The molecule has 1 aromatic heterocycles. The van der Waals surface area contributed by atoms with Gasteiger partial charge in [-0.25, -0.2) is 9.97 Å². The number of halogens is 2. The number of hydrogen-bond donors (Lipinski definition) is 1. The van der Waals surface area contributed by atoms with Crippen LogP contribution in [0.4, 0.5) is 5.82 Å². The highest BCUT2D eigenvalue weighted by atomic mass is 79.9. The van der Waals surface area contributed by atoms with Gasteiger partial charge in [-0.05, 0) is 36.8 Å². The summed E-state index contributed by atoms with van der Waals surface area (Å²) in [4.78, 5) is 9.40. The number of nitrogens with one attached hydrogen (secondary N) is 1. The van der Waals surface area contributed by atoms with Gasteiger partial charge in [-0.1, -0.05) is 53.0 Å². The molecule has 0 amide bonds. The summed E-state index contributed by atoms with van der Waals surface area (Å²) >= 11 is 9.58. The summed E-state index contributed by atoms with van der Waals surface area (Å²) in [5.41, 5.74) is 1.83. The largest absolute Gasteiger partial charge is 0.369 e. The lowest BCUT2D eigenvalue weighted by molar-refractivity contribution is 0.832. The fourth-order valence-corrected chi connectivity index (χ4v) is 2.78. The van der Waals surface area contributed by atoms with Crippen molar-refractivity contribution in [2.24, 2.45) is 0 Å². The molecule has 0 atom stereocenters. The van der Waals surface area contributed by atoms with Crippen molar-refractivity contribution in [1.29, 1.82) is 0 Å². The van der Waals surface area contributed by atoms with Crippen LogP contribution in [0.5, 0.6) is 0 Å². The maximum atomic E-state index is 6.13. The second kappa shape index (κ2) is 7.28. The van der Waals surface area contributed by atoms with Crippen molar-refractivity contribution in [3.63, 3.8) is 0 Å². The Morgan fingerprint density at radius 3 is 2.61 bits per heavy atom. The van der Waals surface area contributed by atoms with Crippen molar-refractivity contribution in [3.05, 3.63) is 52.0 Å². The summed E-state index contributed by atoms with van der Waals surface area (Å²) in [6, 6.07) is 13.7. The van der Waals surface area contributed by atoms with E-state index in [-0.39, 0.29) is 0 Å². The number of aromatic nitrogens is 2. The van der Waals surface area contributed by atoms with Gasteiger partial charge in [0.1, 0.15) is 5.82 Å². The third-order valence-electron chi connectivity index (χ3n) is 3.58. The van der Waals surface area contributed by atoms with Crippen LogP contribution in [0.25, 0.3) is 22.3 Å². The Hall–Kier alpha value is -1.65. The molecule has 0 spiro atoms. The standard InChI is InChI=1S/C18H17BrClN3/c1-2-3-10-21-18-15-9-8-14(20)11-16(15)22-17(23-18)12-4-6-13(19)7-5-12/h4-9,11H,2-3,10H2,1H3,(H,21,22,23). The first-order valence-electron chi connectivity index (χ1n) is 7.64. The zero-order valence-electron chi connectivity index (χ0n) is 12.8. The second-order valence-corrected chi connectivity index (χ2v) is 6.70. The van der Waals surface area contributed by atoms with Crippen LogP contribution in [0, 0.1) is 0 Å². The van der Waals surface area contributed by atoms with Crippen molar-refractivity contribution >= 4 is 44.3 Å². The van der Waals surface area contributed by atoms with Crippen molar-refractivity contribution in [3.8, 4) is 11.4 Å². The Labute approximate surface area is 149 Å². The predicted octanol–water partition coefficient (Wildman–Crippen LogP) is 5.92. The number of unbranched alkanes of at least 4 members (excludes halogenated alkanes) is 1. The molecule has 0 aliphatic heterocycles. The lowest BCUT2D eigenvalue weighted by Crippen LogP contribution is -2.05. The Morgan fingerprint density at radius 2 is 1.87 bits per heavy atom. The SMILES string of the molecule is CCCCNc1nc(-c2ccc(Br)cc2)nc2cc(Cl)ccc12. The van der Waals surface area contributed by atoms with Crippen LogP contribution in [0.15, 0.2) is 46.9 Å². The maximum Gasteiger partial charge on any atom is 0.162 e. The van der Waals surface area contributed by atoms with E-state index in [9.17, 15) is 0 Å². The molecule has 0 unspecified atom stereocenters. The van der Waals surface area contributed by atoms with Gasteiger partial charge < -0.3 is 5.32 Å². The number of hydrogen-bond acceptors (Lipinski definition) is 3. The molecular formula is C18H17BrClN3. The topological polar surface area (TPSA) is 37.8 Å². The van der Waals surface area contributed by atoms with E-state index < -0.39 is 0 Å². The quantitative estimate of drug-likeness (QED) is 0.549. The zero-order chi connectivity index (χ0) is 16.2. The van der Waals surface area contributed by atoms with E-state index in [2.05, 4.69) is 33.2 Å². The van der Waals surface area contributed by atoms with Gasteiger partial charge in [0, 0.05) is 27.0 Å². The number of anilines is 1. The first kappa shape index (κ1) is 16.2. The molecule has 0 saturated heterocycles. The summed E-state index contributed by atoms with van der Waals surface area (Å²) in [6.07, 6.45) is 2.24. The highest BCUT2D eigenvalue weighted by molar-refractivity contribution is 9.10. The van der Waals surface area contributed by atoms with Gasteiger partial charge in [0.05, 0.1) is 5.52 Å². The minimum atomic E-state index is 0.678. The van der Waals surface area contributed by atoms with E-state index in [0.717, 1.165) is 46.1 Å². The van der Waals surface area contributed by atoms with Gasteiger partial charge in [-0.3, -0.25) is 0 Å². The molecule has 0 fully saturated rings. The number of fused-ring (bicyclic) bond motifs is 1. The molecule has 0 radical (unpaired) electrons. The van der Waals surface area contributed by atoms with Crippen LogP contribution >= 0.6 is 27.5 Å². The summed E-state index contributed by atoms with van der Waals surface area (Å²) < 4.78 is 1.03. The highest BCUT2D eigenvalue weighted by Gasteiger charge is 2.10. The lowest BCUT2D eigenvalue weighted by atomic mass is 10.2. The van der Waals surface area contributed by atoms with Crippen LogP contribution < -0.4 is 5.32 Å². The molecule has 0 aliphatic rings. The first-order chi connectivity index (χ1) is 11.2. The smallest absolute Gasteiger partial charge is 0.162 e. The Balaban J connectivity index is 2.09. The van der Waals surface area contributed by atoms with Gasteiger partial charge in [0.15, 0.2) is 5.82 Å². The second-order valence-electron chi connectivity index (χ2n) is 5.34. The van der Waals surface area contributed by atoms with Crippen LogP contribution in [0.2, 0.25) is 5.02 Å². The third-order valence-corrected chi connectivity index (χ3v) is 4.35. The van der Waals surface area contributed by atoms with Gasteiger partial charge in [-0.15, -0.1) is 0 Å². The van der Waals surface area contributed by atoms with Crippen molar-refractivity contribution in [2.45, 2.75) is 19.8 Å². The van der Waals surface area contributed by atoms with Gasteiger partial charge in [0.2, 0.25) is 0 Å². The van der Waals surface area contributed by atoms with E-state index in [4.69, 9.17) is 16.6 Å². The zero-order valence-corrected chi connectivity index (χ0v) is 15.2. The Morgan fingerprint density at radius 1 is 1.09 bits per heavy atom. The Bertz CT molecular complexity index is 818. The number of rotatable bonds is 5. The minimum Gasteiger partial charge on any atom is -0.369 e. The van der Waals surface area contributed by atoms with Crippen molar-refractivity contribution < 1.29 is 0 Å². The van der Waals surface area contributed by atoms with Gasteiger partial charge in [0.25, 0.3) is 0 Å². The Kier molecular flexibility index (Phi) is 5.13. The molecule has 0 saturated carbocycles. The molecule has 5 heteroatoms. The third kappa shape index (κ3) is 3.82. The van der Waals surface area contributed by atoms with E-state index in [1.54, 1.807) is 0 Å². The molecule has 3 nitrogen and oxygen atoms in total. The molecule has 118 valence electrons. The van der Waals surface area contributed by atoms with Crippen LogP contribution in [-0.4, -0.2) is 16.5 Å². The molecule has 3 aromatic rings. The lowest BCUT2D eigenvalue weighted by Gasteiger charge is -2.11. The molecule has 23 heavy (non-hydrogen) atoms. The molecular weight excluding hydrogens is 374 g/mol. The molecule has 3 rings (SSSR count).